The van der Waals surface area contributed by atoms with Crippen LogP contribution in [0, 0.1) is 6.92 Å². The van der Waals surface area contributed by atoms with Crippen LogP contribution < -0.4 is 5.32 Å². The lowest BCUT2D eigenvalue weighted by Crippen LogP contribution is -2.28. The van der Waals surface area contributed by atoms with Crippen molar-refractivity contribution in [2.45, 2.75) is 19.9 Å². The van der Waals surface area contributed by atoms with Gasteiger partial charge in [-0.15, -0.1) is 0 Å². The van der Waals surface area contributed by atoms with Crippen molar-refractivity contribution in [3.63, 3.8) is 0 Å². The number of alkyl halides is 2. The highest BCUT2D eigenvalue weighted by atomic mass is 19.3. The molecule has 78 valence electrons. The molecule has 0 bridgehead atoms. The highest BCUT2D eigenvalue weighted by Crippen LogP contribution is 2.04. The lowest BCUT2D eigenvalue weighted by molar-refractivity contribution is -0.131. The van der Waals surface area contributed by atoms with Crippen LogP contribution in [0.1, 0.15) is 11.3 Å². The fourth-order valence-electron chi connectivity index (χ4n) is 1.08. The molecule has 0 atom stereocenters. The fraction of sp³-hybridized carbons (Fsp3) is 0.500. The molecule has 1 heterocycles. The molecule has 0 radical (unpaired) electrons. The van der Waals surface area contributed by atoms with E-state index in [4.69, 9.17) is 0 Å². The molecule has 1 N–H and O–H groups in total. The Morgan fingerprint density at radius 2 is 2.36 bits per heavy atom. The molecule has 0 fully saturated rings. The zero-order valence-corrected chi connectivity index (χ0v) is 7.92. The van der Waals surface area contributed by atoms with Crippen LogP contribution >= 0.6 is 0 Å². The number of aryl methyl sites for hydroxylation is 2. The maximum absolute atomic E-state index is 11.8. The van der Waals surface area contributed by atoms with E-state index in [2.05, 4.69) is 10.4 Å². The van der Waals surface area contributed by atoms with Crippen molar-refractivity contribution in [3.8, 4) is 0 Å². The van der Waals surface area contributed by atoms with Gasteiger partial charge in [0.1, 0.15) is 0 Å². The average Bonchev–Trinajstić information content (AvgIpc) is 2.40. The van der Waals surface area contributed by atoms with E-state index >= 15 is 0 Å². The van der Waals surface area contributed by atoms with Crippen molar-refractivity contribution in [3.05, 3.63) is 17.5 Å². The van der Waals surface area contributed by atoms with Gasteiger partial charge in [0.15, 0.2) is 0 Å². The average molecular weight is 203 g/mol. The van der Waals surface area contributed by atoms with Crippen molar-refractivity contribution in [1.82, 2.24) is 15.1 Å². The molecule has 0 unspecified atom stereocenters. The number of aromatic nitrogens is 2. The highest BCUT2D eigenvalue weighted by Gasteiger charge is 2.14. The summed E-state index contributed by atoms with van der Waals surface area (Å²) >= 11 is 0. The van der Waals surface area contributed by atoms with Crippen LogP contribution in [0.3, 0.4) is 0 Å². The zero-order chi connectivity index (χ0) is 10.7. The van der Waals surface area contributed by atoms with Crippen molar-refractivity contribution < 1.29 is 13.6 Å². The molecule has 1 aromatic heterocycles. The summed E-state index contributed by atoms with van der Waals surface area (Å²) in [6.07, 6.45) is -1.28. The third-order valence-corrected chi connectivity index (χ3v) is 1.77. The zero-order valence-electron chi connectivity index (χ0n) is 7.92. The fourth-order valence-corrected chi connectivity index (χ4v) is 1.08. The van der Waals surface area contributed by atoms with E-state index in [1.54, 1.807) is 24.9 Å². The van der Waals surface area contributed by atoms with E-state index in [1.165, 1.54) is 0 Å². The predicted octanol–water partition coefficient (Wildman–Crippen LogP) is 0.610. The van der Waals surface area contributed by atoms with Crippen LogP contribution in [0.25, 0.3) is 0 Å². The topological polar surface area (TPSA) is 46.9 Å². The number of nitrogens with zero attached hydrogens (tertiary/aromatic N) is 2. The summed E-state index contributed by atoms with van der Waals surface area (Å²) in [6.45, 7) is 1.84. The summed E-state index contributed by atoms with van der Waals surface area (Å²) in [5, 5.41) is 6.12. The second-order valence-corrected chi connectivity index (χ2v) is 2.93. The summed E-state index contributed by atoms with van der Waals surface area (Å²) in [4.78, 5) is 10.5. The van der Waals surface area contributed by atoms with Crippen LogP contribution in [0.4, 0.5) is 8.78 Å². The van der Waals surface area contributed by atoms with E-state index in [9.17, 15) is 13.6 Å². The predicted molar refractivity (Wildman–Crippen MR) is 45.8 cm³/mol. The SMILES string of the molecule is Cc1nn(C)cc1CNC(=O)C(F)F. The van der Waals surface area contributed by atoms with Crippen LogP contribution in [0.15, 0.2) is 6.20 Å². The molecule has 0 aromatic carbocycles. The number of carbonyl (C=O) groups excluding carboxylic acids is 1. The molecule has 6 heteroatoms. The third kappa shape index (κ3) is 2.51. The first-order valence-electron chi connectivity index (χ1n) is 4.05. The molecule has 4 nitrogen and oxygen atoms in total. The number of carbonyl (C=O) groups is 1. The van der Waals surface area contributed by atoms with Gasteiger partial charge in [-0.25, -0.2) is 0 Å². The monoisotopic (exact) mass is 203 g/mol. The minimum Gasteiger partial charge on any atom is -0.347 e. The van der Waals surface area contributed by atoms with Crippen LogP contribution in [0.5, 0.6) is 0 Å². The summed E-state index contributed by atoms with van der Waals surface area (Å²) < 4.78 is 25.2. The first kappa shape index (κ1) is 10.6. The molecule has 0 spiro atoms. The van der Waals surface area contributed by atoms with E-state index in [-0.39, 0.29) is 6.54 Å². The molecule has 1 amide bonds. The largest absolute Gasteiger partial charge is 0.347 e. The van der Waals surface area contributed by atoms with Gasteiger partial charge in [0.05, 0.1) is 5.69 Å². The Morgan fingerprint density at radius 3 is 2.79 bits per heavy atom. The lowest BCUT2D eigenvalue weighted by Gasteiger charge is -2.02. The Morgan fingerprint density at radius 1 is 1.71 bits per heavy atom. The van der Waals surface area contributed by atoms with Crippen molar-refractivity contribution in [1.29, 1.82) is 0 Å². The second kappa shape index (κ2) is 4.17. The molecule has 1 rings (SSSR count). The van der Waals surface area contributed by atoms with Crippen LogP contribution in [-0.4, -0.2) is 22.1 Å². The summed E-state index contributed by atoms with van der Waals surface area (Å²) in [5.41, 5.74) is 1.46. The van der Waals surface area contributed by atoms with Crippen molar-refractivity contribution in [2.75, 3.05) is 0 Å². The van der Waals surface area contributed by atoms with Gasteiger partial charge in [-0.2, -0.15) is 13.9 Å². The molecule has 0 aliphatic carbocycles. The normalized spacial score (nSPS) is 10.6. The Balaban J connectivity index is 2.54. The number of amides is 1. The first-order chi connectivity index (χ1) is 6.50. The van der Waals surface area contributed by atoms with Gasteiger partial charge in [0.2, 0.25) is 0 Å². The van der Waals surface area contributed by atoms with Crippen LogP contribution in [-0.2, 0) is 18.4 Å². The third-order valence-electron chi connectivity index (χ3n) is 1.77. The van der Waals surface area contributed by atoms with E-state index in [0.29, 0.717) is 0 Å². The number of hydrogen-bond donors (Lipinski definition) is 1. The quantitative estimate of drug-likeness (QED) is 0.782. The molecule has 0 aliphatic heterocycles. The summed E-state index contributed by atoms with van der Waals surface area (Å²) in [6, 6.07) is 0. The standard InChI is InChI=1S/C8H11F2N3O/c1-5-6(4-13(2)12-5)3-11-8(14)7(9)10/h4,7H,3H2,1-2H3,(H,11,14). The Labute approximate surface area is 79.9 Å². The smallest absolute Gasteiger partial charge is 0.315 e. The number of hydrogen-bond acceptors (Lipinski definition) is 2. The Hall–Kier alpha value is -1.46. The molecule has 0 saturated heterocycles. The lowest BCUT2D eigenvalue weighted by atomic mass is 10.2. The van der Waals surface area contributed by atoms with Crippen LogP contribution in [0.2, 0.25) is 0 Å². The molecule has 1 aromatic rings. The summed E-state index contributed by atoms with van der Waals surface area (Å²) in [5.74, 6) is -1.26. The van der Waals surface area contributed by atoms with Crippen molar-refractivity contribution >= 4 is 5.91 Å². The van der Waals surface area contributed by atoms with Gasteiger partial charge in [-0.3, -0.25) is 9.48 Å². The van der Waals surface area contributed by atoms with E-state index in [0.717, 1.165) is 11.3 Å². The van der Waals surface area contributed by atoms with Gasteiger partial charge >= 0.3 is 6.43 Å². The summed E-state index contributed by atoms with van der Waals surface area (Å²) in [7, 11) is 1.73. The first-order valence-corrected chi connectivity index (χ1v) is 4.05. The van der Waals surface area contributed by atoms with Crippen molar-refractivity contribution in [2.24, 2.45) is 7.05 Å². The van der Waals surface area contributed by atoms with Gasteiger partial charge in [-0.05, 0) is 6.92 Å². The number of halogens is 2. The Kier molecular flexibility index (Phi) is 3.16. The molecular formula is C8H11F2N3O. The molecular weight excluding hydrogens is 192 g/mol. The maximum Gasteiger partial charge on any atom is 0.315 e. The van der Waals surface area contributed by atoms with E-state index in [1.807, 2.05) is 0 Å². The molecule has 14 heavy (non-hydrogen) atoms. The molecule has 0 saturated carbocycles. The highest BCUT2D eigenvalue weighted by molar-refractivity contribution is 5.79. The van der Waals surface area contributed by atoms with Gasteiger partial charge in [0, 0.05) is 25.4 Å². The minimum absolute atomic E-state index is 0.0862. The second-order valence-electron chi connectivity index (χ2n) is 2.93. The van der Waals surface area contributed by atoms with Gasteiger partial charge < -0.3 is 5.32 Å². The van der Waals surface area contributed by atoms with E-state index < -0.39 is 12.3 Å². The minimum atomic E-state index is -2.97. The number of nitrogens with one attached hydrogen (secondary N) is 1. The van der Waals surface area contributed by atoms with Gasteiger partial charge in [0.25, 0.3) is 5.91 Å². The molecule has 0 aliphatic rings. The Bertz CT molecular complexity index is 335. The maximum atomic E-state index is 11.8. The number of rotatable bonds is 3. The van der Waals surface area contributed by atoms with Gasteiger partial charge in [-0.1, -0.05) is 0 Å².